The minimum atomic E-state index is -3.37. The minimum absolute atomic E-state index is 0.0246. The molecule has 190 valence electrons. The highest BCUT2D eigenvalue weighted by molar-refractivity contribution is 7.53. The Labute approximate surface area is 207 Å². The fourth-order valence-electron chi connectivity index (χ4n) is 4.00. The summed E-state index contributed by atoms with van der Waals surface area (Å²) in [6, 6.07) is 12.5. The number of benzene rings is 3. The van der Waals surface area contributed by atoms with E-state index in [-0.39, 0.29) is 48.7 Å². The van der Waals surface area contributed by atoms with Crippen LogP contribution in [0.1, 0.15) is 26.3 Å². The van der Waals surface area contributed by atoms with Crippen molar-refractivity contribution in [2.24, 2.45) is 0 Å². The van der Waals surface area contributed by atoms with E-state index in [9.17, 15) is 18.5 Å². The maximum atomic E-state index is 13.6. The number of amides is 2. The number of nitrogens with zero attached hydrogens (tertiary/aromatic N) is 1. The molecule has 3 aromatic rings. The number of hydrogen-bond donors (Lipinski definition) is 0. The highest BCUT2D eigenvalue weighted by atomic mass is 31.2. The van der Waals surface area contributed by atoms with Gasteiger partial charge in [-0.1, -0.05) is 36.4 Å². The lowest BCUT2D eigenvalue weighted by molar-refractivity contribution is 0.0506. The molecule has 0 aliphatic carbocycles. The van der Waals surface area contributed by atoms with Crippen LogP contribution in [-0.4, -0.2) is 57.6 Å². The first-order chi connectivity index (χ1) is 17.3. The van der Waals surface area contributed by atoms with E-state index in [0.717, 1.165) is 4.90 Å². The summed E-state index contributed by atoms with van der Waals surface area (Å²) in [6.07, 6.45) is -0.0769. The molecule has 0 spiro atoms. The van der Waals surface area contributed by atoms with Crippen LogP contribution in [0.15, 0.2) is 48.5 Å². The molecule has 1 heterocycles. The molecule has 0 saturated heterocycles. The SMILES string of the molecule is COCOc1c2c(c(OCCP(=O)(OC)OC)c3ccccc13)C(=O)N(Cc1ccc(F)cc1)C2=O. The Morgan fingerprint density at radius 1 is 0.833 bits per heavy atom. The van der Waals surface area contributed by atoms with Crippen molar-refractivity contribution < 1.29 is 41.8 Å². The highest BCUT2D eigenvalue weighted by Crippen LogP contribution is 2.48. The van der Waals surface area contributed by atoms with E-state index in [1.54, 1.807) is 24.3 Å². The zero-order valence-electron chi connectivity index (χ0n) is 20.0. The van der Waals surface area contributed by atoms with Gasteiger partial charge in [0.2, 0.25) is 0 Å². The van der Waals surface area contributed by atoms with Gasteiger partial charge in [-0.3, -0.25) is 19.1 Å². The maximum absolute atomic E-state index is 13.6. The van der Waals surface area contributed by atoms with Gasteiger partial charge in [-0.15, -0.1) is 0 Å². The third-order valence-electron chi connectivity index (χ3n) is 5.78. The third kappa shape index (κ3) is 4.85. The maximum Gasteiger partial charge on any atom is 0.333 e. The van der Waals surface area contributed by atoms with Gasteiger partial charge in [0.15, 0.2) is 6.79 Å². The summed E-state index contributed by atoms with van der Waals surface area (Å²) in [5.74, 6) is -1.26. The number of ether oxygens (including phenoxy) is 3. The summed E-state index contributed by atoms with van der Waals surface area (Å²) in [5, 5.41) is 1.06. The number of imide groups is 1. The molecule has 36 heavy (non-hydrogen) atoms. The van der Waals surface area contributed by atoms with Crippen LogP contribution in [0.5, 0.6) is 11.5 Å². The number of carbonyl (C=O) groups is 2. The van der Waals surface area contributed by atoms with Crippen LogP contribution in [0.25, 0.3) is 10.8 Å². The molecule has 0 radical (unpaired) electrons. The van der Waals surface area contributed by atoms with Gasteiger partial charge in [-0.2, -0.15) is 0 Å². The van der Waals surface area contributed by atoms with Gasteiger partial charge in [0, 0.05) is 32.1 Å². The van der Waals surface area contributed by atoms with Gasteiger partial charge < -0.3 is 23.3 Å². The Kier molecular flexibility index (Phi) is 7.70. The zero-order valence-corrected chi connectivity index (χ0v) is 20.9. The molecule has 0 N–H and O–H groups in total. The molecule has 4 rings (SSSR count). The number of methoxy groups -OCH3 is 1. The molecule has 0 atom stereocenters. The van der Waals surface area contributed by atoms with Crippen molar-refractivity contribution in [2.75, 3.05) is 40.9 Å². The average Bonchev–Trinajstić information content (AvgIpc) is 3.14. The van der Waals surface area contributed by atoms with E-state index in [1.807, 2.05) is 0 Å². The van der Waals surface area contributed by atoms with Gasteiger partial charge >= 0.3 is 7.60 Å². The fourth-order valence-corrected chi connectivity index (χ4v) is 4.83. The molecular weight excluding hydrogens is 492 g/mol. The first-order valence-electron chi connectivity index (χ1n) is 11.0. The number of carbonyl (C=O) groups excluding carboxylic acids is 2. The lowest BCUT2D eigenvalue weighted by Gasteiger charge is -2.18. The lowest BCUT2D eigenvalue weighted by atomic mass is 9.99. The summed E-state index contributed by atoms with van der Waals surface area (Å²) in [5.41, 5.74) is 0.629. The van der Waals surface area contributed by atoms with Gasteiger partial charge in [-0.05, 0) is 17.7 Å². The summed E-state index contributed by atoms with van der Waals surface area (Å²) in [7, 11) is 0.616. The second-order valence-electron chi connectivity index (χ2n) is 7.88. The van der Waals surface area contributed by atoms with E-state index in [1.165, 1.54) is 45.6 Å². The van der Waals surface area contributed by atoms with Crippen LogP contribution in [0, 0.1) is 5.82 Å². The average molecular weight is 517 g/mol. The second kappa shape index (κ2) is 10.8. The largest absolute Gasteiger partial charge is 0.491 e. The fraction of sp³-hybridized carbons (Fsp3) is 0.280. The van der Waals surface area contributed by atoms with Crippen LogP contribution in [0.2, 0.25) is 0 Å². The molecule has 0 bridgehead atoms. The molecule has 1 aliphatic heterocycles. The van der Waals surface area contributed by atoms with Crippen molar-refractivity contribution in [3.8, 4) is 11.5 Å². The molecule has 3 aromatic carbocycles. The van der Waals surface area contributed by atoms with Gasteiger partial charge in [0.1, 0.15) is 17.3 Å². The summed E-state index contributed by atoms with van der Waals surface area (Å²) >= 11 is 0. The van der Waals surface area contributed by atoms with Gasteiger partial charge in [0.25, 0.3) is 11.8 Å². The lowest BCUT2D eigenvalue weighted by Crippen LogP contribution is -2.29. The van der Waals surface area contributed by atoms with Crippen molar-refractivity contribution in [1.29, 1.82) is 0 Å². The highest BCUT2D eigenvalue weighted by Gasteiger charge is 2.43. The van der Waals surface area contributed by atoms with E-state index in [2.05, 4.69) is 0 Å². The van der Waals surface area contributed by atoms with Crippen LogP contribution < -0.4 is 9.47 Å². The molecule has 1 aliphatic rings. The Morgan fingerprint density at radius 3 is 1.92 bits per heavy atom. The molecule has 11 heteroatoms. The number of hydrogen-bond acceptors (Lipinski definition) is 8. The standard InChI is InChI=1S/C25H25FNO8P/c1-31-15-35-23-19-7-5-4-6-18(19)22(34-12-13-36(30,32-2)33-3)20-21(23)25(29)27(24(20)28)14-16-8-10-17(26)11-9-16/h4-11H,12-15H2,1-3H3. The van der Waals surface area contributed by atoms with Crippen molar-refractivity contribution in [3.63, 3.8) is 0 Å². The van der Waals surface area contributed by atoms with Crippen LogP contribution >= 0.6 is 7.60 Å². The Bertz CT molecular complexity index is 1340. The topological polar surface area (TPSA) is 101 Å². The van der Waals surface area contributed by atoms with Crippen molar-refractivity contribution in [2.45, 2.75) is 6.54 Å². The summed E-state index contributed by atoms with van der Waals surface area (Å²) < 4.78 is 52.6. The van der Waals surface area contributed by atoms with E-state index >= 15 is 0 Å². The molecule has 9 nitrogen and oxygen atoms in total. The van der Waals surface area contributed by atoms with Crippen molar-refractivity contribution >= 4 is 30.2 Å². The Balaban J connectivity index is 1.81. The molecule has 0 unspecified atom stereocenters. The molecule has 0 saturated carbocycles. The monoisotopic (exact) mass is 517 g/mol. The van der Waals surface area contributed by atoms with Crippen LogP contribution in [-0.2, 0) is 24.9 Å². The Morgan fingerprint density at radius 2 is 1.39 bits per heavy atom. The normalized spacial score (nSPS) is 13.4. The summed E-state index contributed by atoms with van der Waals surface area (Å²) in [4.78, 5) is 28.2. The number of fused-ring (bicyclic) bond motifs is 2. The zero-order chi connectivity index (χ0) is 25.9. The Hall–Kier alpha value is -3.30. The molecule has 2 amide bonds. The predicted molar refractivity (Wildman–Crippen MR) is 129 cm³/mol. The van der Waals surface area contributed by atoms with Crippen LogP contribution in [0.3, 0.4) is 0 Å². The third-order valence-corrected chi connectivity index (χ3v) is 7.62. The first-order valence-corrected chi connectivity index (χ1v) is 12.7. The van der Waals surface area contributed by atoms with Crippen molar-refractivity contribution in [3.05, 3.63) is 71.0 Å². The van der Waals surface area contributed by atoms with Crippen LogP contribution in [0.4, 0.5) is 4.39 Å². The number of halogens is 1. The van der Waals surface area contributed by atoms with Gasteiger partial charge in [0.05, 0.1) is 30.4 Å². The predicted octanol–water partition coefficient (Wildman–Crippen LogP) is 4.62. The quantitative estimate of drug-likeness (QED) is 0.206. The van der Waals surface area contributed by atoms with E-state index < -0.39 is 25.2 Å². The summed E-state index contributed by atoms with van der Waals surface area (Å²) in [6.45, 7) is -0.331. The van der Waals surface area contributed by atoms with E-state index in [0.29, 0.717) is 16.3 Å². The first kappa shape index (κ1) is 25.8. The van der Waals surface area contributed by atoms with E-state index in [4.69, 9.17) is 23.3 Å². The minimum Gasteiger partial charge on any atom is -0.491 e. The second-order valence-corrected chi connectivity index (χ2v) is 10.3. The smallest absolute Gasteiger partial charge is 0.333 e. The molecular formula is C25H25FNO8P. The molecule has 0 aromatic heterocycles. The molecule has 0 fully saturated rings. The van der Waals surface area contributed by atoms with Crippen molar-refractivity contribution in [1.82, 2.24) is 4.90 Å². The number of rotatable bonds is 11. The van der Waals surface area contributed by atoms with Gasteiger partial charge in [-0.25, -0.2) is 4.39 Å².